The molecule has 0 aliphatic rings. The molecule has 0 heterocycles. The van der Waals surface area contributed by atoms with Gasteiger partial charge >= 0.3 is 17.9 Å². The molecule has 3 N–H and O–H groups in total. The summed E-state index contributed by atoms with van der Waals surface area (Å²) in [5.74, 6) is -3.58. The number of hydrogen-bond acceptors (Lipinski definition) is 3. The van der Waals surface area contributed by atoms with Gasteiger partial charge in [0.05, 0.1) is 6.54 Å². The zero-order valence-corrected chi connectivity index (χ0v) is 21.3. The fraction of sp³-hybridized carbons (Fsp3) is 0.808. The van der Waals surface area contributed by atoms with Gasteiger partial charge in [0.2, 0.25) is 0 Å². The highest BCUT2D eigenvalue weighted by Crippen LogP contribution is 2.27. The maximum atomic E-state index is 11.7. The average Bonchev–Trinajstić information content (AvgIpc) is 2.77. The van der Waals surface area contributed by atoms with Crippen LogP contribution in [0.3, 0.4) is 0 Å². The summed E-state index contributed by atoms with van der Waals surface area (Å²) >= 11 is 0. The Morgan fingerprint density at radius 1 is 0.606 bits per heavy atom. The van der Waals surface area contributed by atoms with E-state index in [4.69, 9.17) is 0 Å². The summed E-state index contributed by atoms with van der Waals surface area (Å²) in [6, 6.07) is -3.45. The quantitative estimate of drug-likeness (QED) is 0.110. The van der Waals surface area contributed by atoms with Gasteiger partial charge in [0, 0.05) is 6.42 Å². The predicted molar refractivity (Wildman–Crippen MR) is 131 cm³/mol. The number of carbonyl (C=O) groups is 3. The molecule has 0 aromatic heterocycles. The minimum absolute atomic E-state index is 0.142. The van der Waals surface area contributed by atoms with Crippen molar-refractivity contribution in [1.82, 2.24) is 0 Å². The Hall–Kier alpha value is -1.89. The Bertz CT molecular complexity index is 553. The van der Waals surface area contributed by atoms with Crippen LogP contribution in [0.5, 0.6) is 0 Å². The second-order valence-electron chi connectivity index (χ2n) is 9.35. The van der Waals surface area contributed by atoms with Crippen molar-refractivity contribution in [3.8, 4) is 0 Å². The molecule has 0 saturated heterocycles. The number of hydrogen-bond donors (Lipinski definition) is 3. The number of aliphatic carboxylic acids is 3. The fourth-order valence-electron chi connectivity index (χ4n) is 4.66. The van der Waals surface area contributed by atoms with Gasteiger partial charge in [-0.3, -0.25) is 4.48 Å². The van der Waals surface area contributed by atoms with E-state index in [-0.39, 0.29) is 6.54 Å². The molecule has 7 heteroatoms. The third kappa shape index (κ3) is 11.2. The molecule has 0 amide bonds. The molecule has 0 aromatic carbocycles. The van der Waals surface area contributed by atoms with Gasteiger partial charge in [-0.05, 0) is 33.6 Å². The Morgan fingerprint density at radius 2 is 0.939 bits per heavy atom. The number of quaternary nitrogens is 1. The number of nitrogens with zero attached hydrogens (tertiary/aromatic N) is 1. The van der Waals surface area contributed by atoms with E-state index in [1.165, 1.54) is 85.0 Å². The zero-order chi connectivity index (χ0) is 25.3. The van der Waals surface area contributed by atoms with Crippen LogP contribution in [0.4, 0.5) is 0 Å². The molecular weight excluding hydrogens is 422 g/mol. The van der Waals surface area contributed by atoms with Crippen LogP contribution in [0.1, 0.15) is 111 Å². The predicted octanol–water partition coefficient (Wildman–Crippen LogP) is 5.87. The number of carboxylic acid groups (broad SMARTS) is 3. The zero-order valence-electron chi connectivity index (χ0n) is 21.3. The lowest BCUT2D eigenvalue weighted by atomic mass is 10.0. The van der Waals surface area contributed by atoms with Gasteiger partial charge in [-0.2, -0.15) is 0 Å². The summed E-state index contributed by atoms with van der Waals surface area (Å²) in [6.45, 7) is 6.58. The monoisotopic (exact) mass is 470 g/mol. The molecule has 0 aliphatic heterocycles. The second-order valence-corrected chi connectivity index (χ2v) is 9.35. The minimum Gasteiger partial charge on any atom is -0.477 e. The van der Waals surface area contributed by atoms with E-state index in [2.05, 4.69) is 6.92 Å². The third-order valence-electron chi connectivity index (χ3n) is 7.06. The highest BCUT2D eigenvalue weighted by atomic mass is 16.4. The molecule has 33 heavy (non-hydrogen) atoms. The van der Waals surface area contributed by atoms with Crippen molar-refractivity contribution in [2.24, 2.45) is 0 Å². The maximum Gasteiger partial charge on any atom is 0.362 e. The lowest BCUT2D eigenvalue weighted by Gasteiger charge is -2.47. The van der Waals surface area contributed by atoms with Gasteiger partial charge in [-0.25, -0.2) is 14.4 Å². The van der Waals surface area contributed by atoms with Crippen LogP contribution < -0.4 is 0 Å². The Labute approximate surface area is 200 Å². The maximum absolute atomic E-state index is 11.7. The highest BCUT2D eigenvalue weighted by Gasteiger charge is 2.52. The molecule has 0 bridgehead atoms. The number of allylic oxidation sites excluding steroid dienone is 1. The lowest BCUT2D eigenvalue weighted by molar-refractivity contribution is -0.967. The van der Waals surface area contributed by atoms with Crippen molar-refractivity contribution < 1.29 is 34.2 Å². The van der Waals surface area contributed by atoms with E-state index >= 15 is 0 Å². The molecule has 0 radical (unpaired) electrons. The van der Waals surface area contributed by atoms with E-state index in [9.17, 15) is 29.7 Å². The van der Waals surface area contributed by atoms with E-state index in [1.54, 1.807) is 0 Å². The van der Waals surface area contributed by atoms with E-state index in [0.29, 0.717) is 6.42 Å². The molecule has 3 atom stereocenters. The van der Waals surface area contributed by atoms with Gasteiger partial charge in [0.25, 0.3) is 0 Å². The van der Waals surface area contributed by atoms with Crippen LogP contribution >= 0.6 is 0 Å². The molecule has 3 unspecified atom stereocenters. The summed E-state index contributed by atoms with van der Waals surface area (Å²) < 4.78 is -0.525. The molecule has 0 aromatic rings. The van der Waals surface area contributed by atoms with Crippen LogP contribution in [0, 0.1) is 0 Å². The smallest absolute Gasteiger partial charge is 0.362 e. The van der Waals surface area contributed by atoms with Gasteiger partial charge in [0.1, 0.15) is 0 Å². The van der Waals surface area contributed by atoms with Crippen LogP contribution in [-0.4, -0.2) is 62.4 Å². The molecule has 0 saturated carbocycles. The standard InChI is InChI=1S/C26H47NO6/c1-5-6-7-8-9-10-11-12-13-14-15-16-17-18-19-20-27(21(2)24(28)29,22(3)25(30)31)23(4)26(32)33/h17-18,21-23H,5-16,19-20H2,1-4H3,(H2-,28,29,30,31,32,33)/p+1/b18-17+. The van der Waals surface area contributed by atoms with Crippen molar-refractivity contribution in [3.05, 3.63) is 12.2 Å². The SMILES string of the molecule is CCCCCCCCCCCCC/C=C/CC[N+](C(C)C(=O)O)(C(C)C(=O)O)C(C)C(=O)O. The highest BCUT2D eigenvalue weighted by molar-refractivity contribution is 5.77. The first-order chi connectivity index (χ1) is 15.6. The van der Waals surface area contributed by atoms with Gasteiger partial charge in [-0.15, -0.1) is 0 Å². The van der Waals surface area contributed by atoms with Crippen molar-refractivity contribution in [3.63, 3.8) is 0 Å². The van der Waals surface area contributed by atoms with Crippen molar-refractivity contribution in [2.45, 2.75) is 129 Å². The molecule has 7 nitrogen and oxygen atoms in total. The van der Waals surface area contributed by atoms with E-state index in [0.717, 1.165) is 12.8 Å². The van der Waals surface area contributed by atoms with Crippen molar-refractivity contribution >= 4 is 17.9 Å². The van der Waals surface area contributed by atoms with Gasteiger partial charge in [0.15, 0.2) is 18.1 Å². The van der Waals surface area contributed by atoms with Crippen LogP contribution in [-0.2, 0) is 14.4 Å². The first-order valence-corrected chi connectivity index (χ1v) is 12.8. The minimum atomic E-state index is -1.19. The molecule has 0 fully saturated rings. The molecule has 0 aliphatic carbocycles. The Morgan fingerprint density at radius 3 is 1.30 bits per heavy atom. The summed E-state index contributed by atoms with van der Waals surface area (Å²) in [5.41, 5.74) is 0. The van der Waals surface area contributed by atoms with Gasteiger partial charge < -0.3 is 15.3 Å². The summed E-state index contributed by atoms with van der Waals surface area (Å²) in [5, 5.41) is 28.8. The second kappa shape index (κ2) is 17.6. The summed E-state index contributed by atoms with van der Waals surface area (Å²) in [4.78, 5) is 35.2. The largest absolute Gasteiger partial charge is 0.477 e. The number of unbranched alkanes of at least 4 members (excludes halogenated alkanes) is 11. The van der Waals surface area contributed by atoms with E-state index < -0.39 is 40.5 Å². The van der Waals surface area contributed by atoms with Crippen molar-refractivity contribution in [2.75, 3.05) is 6.54 Å². The summed E-state index contributed by atoms with van der Waals surface area (Å²) in [6.07, 6.45) is 19.5. The van der Waals surface area contributed by atoms with Crippen molar-refractivity contribution in [1.29, 1.82) is 0 Å². The van der Waals surface area contributed by atoms with Crippen LogP contribution in [0.25, 0.3) is 0 Å². The third-order valence-corrected chi connectivity index (χ3v) is 7.06. The molecule has 192 valence electrons. The first-order valence-electron chi connectivity index (χ1n) is 12.8. The molecule has 0 spiro atoms. The normalized spacial score (nSPS) is 16.2. The number of rotatable bonds is 21. The topological polar surface area (TPSA) is 112 Å². The van der Waals surface area contributed by atoms with E-state index in [1.807, 2.05) is 12.2 Å². The molecular formula is C26H48NO6+. The average molecular weight is 471 g/mol. The Balaban J connectivity index is 4.52. The fourth-order valence-corrected chi connectivity index (χ4v) is 4.66. The van der Waals surface area contributed by atoms with Crippen LogP contribution in [0.15, 0.2) is 12.2 Å². The number of carboxylic acids is 3. The van der Waals surface area contributed by atoms with Crippen LogP contribution in [0.2, 0.25) is 0 Å². The summed E-state index contributed by atoms with van der Waals surface area (Å²) in [7, 11) is 0. The van der Waals surface area contributed by atoms with Gasteiger partial charge in [-0.1, -0.05) is 83.3 Å². The lowest BCUT2D eigenvalue weighted by Crippen LogP contribution is -2.70. The Kier molecular flexibility index (Phi) is 16.6. The molecule has 0 rings (SSSR count). The first kappa shape index (κ1) is 31.1.